The molecule has 4 heteroatoms. The van der Waals surface area contributed by atoms with Crippen molar-refractivity contribution in [3.05, 3.63) is 36.0 Å². The minimum Gasteiger partial charge on any atom is -0.384 e. The summed E-state index contributed by atoms with van der Waals surface area (Å²) in [6.45, 7) is 1.73. The largest absolute Gasteiger partial charge is 0.384 e. The van der Waals surface area contributed by atoms with Gasteiger partial charge in [0.15, 0.2) is 0 Å². The van der Waals surface area contributed by atoms with Gasteiger partial charge in [0, 0.05) is 18.8 Å². The molecule has 0 aliphatic carbocycles. The summed E-state index contributed by atoms with van der Waals surface area (Å²) in [5, 5.41) is 6.74. The Labute approximate surface area is 106 Å². The van der Waals surface area contributed by atoms with E-state index < -0.39 is 0 Å². The van der Waals surface area contributed by atoms with Gasteiger partial charge in [0.25, 0.3) is 0 Å². The van der Waals surface area contributed by atoms with Gasteiger partial charge in [-0.15, -0.1) is 0 Å². The van der Waals surface area contributed by atoms with Gasteiger partial charge in [0.1, 0.15) is 5.82 Å². The first-order valence-corrected chi connectivity index (χ1v) is 6.31. The number of H-pyrrole nitrogens is 1. The Morgan fingerprint density at radius 3 is 2.83 bits per heavy atom. The third kappa shape index (κ3) is 2.11. The zero-order valence-corrected chi connectivity index (χ0v) is 10.2. The molecule has 0 spiro atoms. The lowest BCUT2D eigenvalue weighted by molar-refractivity contribution is 0.0853. The van der Waals surface area contributed by atoms with Crippen LogP contribution in [-0.2, 0) is 4.74 Å². The number of anilines is 1. The number of ether oxygens (including phenoxy) is 1. The van der Waals surface area contributed by atoms with Crippen molar-refractivity contribution in [2.24, 2.45) is 0 Å². The van der Waals surface area contributed by atoms with E-state index in [1.165, 1.54) is 5.56 Å². The maximum absolute atomic E-state index is 5.86. The smallest absolute Gasteiger partial charge is 0.126 e. The Kier molecular flexibility index (Phi) is 3.02. The maximum atomic E-state index is 5.86. The molecule has 0 atom stereocenters. The van der Waals surface area contributed by atoms with Gasteiger partial charge >= 0.3 is 0 Å². The monoisotopic (exact) mass is 243 g/mol. The summed E-state index contributed by atoms with van der Waals surface area (Å²) in [6.07, 6.45) is 3.98. The average Bonchev–Trinajstić information content (AvgIpc) is 2.86. The lowest BCUT2D eigenvalue weighted by Crippen LogP contribution is -2.14. The summed E-state index contributed by atoms with van der Waals surface area (Å²) in [5.74, 6) is 1.23. The molecule has 4 nitrogen and oxygen atoms in total. The van der Waals surface area contributed by atoms with Gasteiger partial charge < -0.3 is 10.5 Å². The van der Waals surface area contributed by atoms with Crippen molar-refractivity contribution < 1.29 is 4.74 Å². The van der Waals surface area contributed by atoms with Crippen molar-refractivity contribution in [1.82, 2.24) is 10.2 Å². The zero-order chi connectivity index (χ0) is 12.4. The highest BCUT2D eigenvalue weighted by Gasteiger charge is 2.16. The summed E-state index contributed by atoms with van der Waals surface area (Å²) in [5.41, 5.74) is 9.34. The molecular formula is C14H17N3O. The molecule has 0 amide bonds. The van der Waals surface area contributed by atoms with Gasteiger partial charge in [-0.2, -0.15) is 5.10 Å². The maximum Gasteiger partial charge on any atom is 0.126 e. The number of rotatable bonds is 2. The van der Waals surface area contributed by atoms with Crippen LogP contribution >= 0.6 is 0 Å². The quantitative estimate of drug-likeness (QED) is 0.852. The van der Waals surface area contributed by atoms with Crippen molar-refractivity contribution in [3.63, 3.8) is 0 Å². The van der Waals surface area contributed by atoms with E-state index in [1.807, 2.05) is 0 Å². The molecule has 1 aliphatic heterocycles. The molecule has 18 heavy (non-hydrogen) atoms. The summed E-state index contributed by atoms with van der Waals surface area (Å²) >= 11 is 0. The molecule has 3 N–H and O–H groups in total. The minimum atomic E-state index is 0.604. The zero-order valence-electron chi connectivity index (χ0n) is 10.2. The Hall–Kier alpha value is -1.81. The molecule has 1 saturated heterocycles. The fourth-order valence-electron chi connectivity index (χ4n) is 2.52. The number of benzene rings is 1. The number of aromatic amines is 1. The SMILES string of the molecule is Nc1[nH]ncc1-c1cccc(C2CCOCC2)c1. The molecule has 0 bridgehead atoms. The van der Waals surface area contributed by atoms with Crippen molar-refractivity contribution in [1.29, 1.82) is 0 Å². The fourth-order valence-corrected chi connectivity index (χ4v) is 2.52. The number of nitrogens with zero attached hydrogens (tertiary/aromatic N) is 1. The number of nitrogens with two attached hydrogens (primary N) is 1. The van der Waals surface area contributed by atoms with Crippen LogP contribution in [0.15, 0.2) is 30.5 Å². The summed E-state index contributed by atoms with van der Waals surface area (Å²) in [6, 6.07) is 8.57. The number of hydrogen-bond donors (Lipinski definition) is 2. The molecule has 0 saturated carbocycles. The molecule has 1 aromatic carbocycles. The molecule has 2 aromatic rings. The average molecular weight is 243 g/mol. The van der Waals surface area contributed by atoms with E-state index in [9.17, 15) is 0 Å². The van der Waals surface area contributed by atoms with Gasteiger partial charge in [-0.3, -0.25) is 5.10 Å². The molecule has 1 fully saturated rings. The van der Waals surface area contributed by atoms with Crippen LogP contribution in [-0.4, -0.2) is 23.4 Å². The van der Waals surface area contributed by atoms with E-state index in [0.717, 1.165) is 37.2 Å². The van der Waals surface area contributed by atoms with Crippen LogP contribution in [0.1, 0.15) is 24.3 Å². The fraction of sp³-hybridized carbons (Fsp3) is 0.357. The number of nitrogens with one attached hydrogen (secondary N) is 1. The van der Waals surface area contributed by atoms with E-state index >= 15 is 0 Å². The highest BCUT2D eigenvalue weighted by atomic mass is 16.5. The van der Waals surface area contributed by atoms with Crippen molar-refractivity contribution >= 4 is 5.82 Å². The Morgan fingerprint density at radius 1 is 1.28 bits per heavy atom. The predicted octanol–water partition coefficient (Wildman–Crippen LogP) is 2.55. The minimum absolute atomic E-state index is 0.604. The Morgan fingerprint density at radius 2 is 2.11 bits per heavy atom. The van der Waals surface area contributed by atoms with Crippen LogP contribution in [0.25, 0.3) is 11.1 Å². The van der Waals surface area contributed by atoms with Gasteiger partial charge in [-0.05, 0) is 29.9 Å². The molecule has 0 unspecified atom stereocenters. The second kappa shape index (κ2) is 4.82. The summed E-state index contributed by atoms with van der Waals surface area (Å²) in [4.78, 5) is 0. The first kappa shape index (κ1) is 11.3. The molecule has 1 aromatic heterocycles. The molecule has 1 aliphatic rings. The highest BCUT2D eigenvalue weighted by Crippen LogP contribution is 2.31. The topological polar surface area (TPSA) is 63.9 Å². The molecular weight excluding hydrogens is 226 g/mol. The van der Waals surface area contributed by atoms with Crippen molar-refractivity contribution in [2.75, 3.05) is 18.9 Å². The van der Waals surface area contributed by atoms with Crippen LogP contribution in [0.4, 0.5) is 5.82 Å². The number of hydrogen-bond acceptors (Lipinski definition) is 3. The second-order valence-electron chi connectivity index (χ2n) is 4.71. The third-order valence-corrected chi connectivity index (χ3v) is 3.56. The van der Waals surface area contributed by atoms with Gasteiger partial charge in [0.2, 0.25) is 0 Å². The predicted molar refractivity (Wildman–Crippen MR) is 71.2 cm³/mol. The van der Waals surface area contributed by atoms with Crippen LogP contribution in [0.3, 0.4) is 0 Å². The van der Waals surface area contributed by atoms with Crippen LogP contribution < -0.4 is 5.73 Å². The summed E-state index contributed by atoms with van der Waals surface area (Å²) in [7, 11) is 0. The standard InChI is InChI=1S/C14H17N3O/c15-14-13(9-16-17-14)12-3-1-2-11(8-12)10-4-6-18-7-5-10/h1-3,8-10H,4-7H2,(H3,15,16,17). The Bertz CT molecular complexity index is 529. The second-order valence-corrected chi connectivity index (χ2v) is 4.71. The summed E-state index contributed by atoms with van der Waals surface area (Å²) < 4.78 is 5.41. The van der Waals surface area contributed by atoms with Crippen molar-refractivity contribution in [3.8, 4) is 11.1 Å². The van der Waals surface area contributed by atoms with Crippen LogP contribution in [0, 0.1) is 0 Å². The van der Waals surface area contributed by atoms with Gasteiger partial charge in [0.05, 0.1) is 6.20 Å². The van der Waals surface area contributed by atoms with Crippen LogP contribution in [0.5, 0.6) is 0 Å². The van der Waals surface area contributed by atoms with E-state index in [4.69, 9.17) is 10.5 Å². The van der Waals surface area contributed by atoms with Crippen molar-refractivity contribution in [2.45, 2.75) is 18.8 Å². The molecule has 94 valence electrons. The third-order valence-electron chi connectivity index (χ3n) is 3.56. The van der Waals surface area contributed by atoms with E-state index in [-0.39, 0.29) is 0 Å². The Balaban J connectivity index is 1.91. The molecule has 3 rings (SSSR count). The molecule has 0 radical (unpaired) electrons. The van der Waals surface area contributed by atoms with E-state index in [1.54, 1.807) is 6.20 Å². The highest BCUT2D eigenvalue weighted by molar-refractivity contribution is 5.73. The van der Waals surface area contributed by atoms with E-state index in [2.05, 4.69) is 34.5 Å². The first-order valence-electron chi connectivity index (χ1n) is 6.31. The van der Waals surface area contributed by atoms with E-state index in [0.29, 0.717) is 11.7 Å². The number of nitrogen functional groups attached to an aromatic ring is 1. The first-order chi connectivity index (χ1) is 8.84. The number of aromatic nitrogens is 2. The molecule has 2 heterocycles. The van der Waals surface area contributed by atoms with Gasteiger partial charge in [-0.25, -0.2) is 0 Å². The lowest BCUT2D eigenvalue weighted by Gasteiger charge is -2.22. The van der Waals surface area contributed by atoms with Crippen LogP contribution in [0.2, 0.25) is 0 Å². The lowest BCUT2D eigenvalue weighted by atomic mass is 9.90. The normalized spacial score (nSPS) is 16.9. The van der Waals surface area contributed by atoms with Gasteiger partial charge in [-0.1, -0.05) is 24.3 Å².